The molecule has 33 heteroatoms. The van der Waals surface area contributed by atoms with Gasteiger partial charge in [-0.25, -0.2) is 9.97 Å². The molecule has 8 nitrogen and oxygen atoms in total. The van der Waals surface area contributed by atoms with E-state index in [0.29, 0.717) is 45.2 Å². The number of rotatable bonds is 24. The van der Waals surface area contributed by atoms with E-state index in [1.165, 1.54) is 105 Å². The van der Waals surface area contributed by atoms with Crippen LogP contribution in [0.5, 0.6) is 0 Å². The van der Waals surface area contributed by atoms with Gasteiger partial charge in [-0.1, -0.05) is 197 Å². The van der Waals surface area contributed by atoms with Crippen molar-refractivity contribution in [2.75, 3.05) is 46.0 Å². The summed E-state index contributed by atoms with van der Waals surface area (Å²) in [4.78, 5) is 49.7. The second-order valence-corrected chi connectivity index (χ2v) is 53.4. The molecule has 0 saturated carbocycles. The molecule has 0 amide bonds. The molecule has 17 rings (SSSR count). The van der Waals surface area contributed by atoms with Gasteiger partial charge in [0.15, 0.2) is 0 Å². The van der Waals surface area contributed by atoms with Crippen molar-refractivity contribution in [3.05, 3.63) is 107 Å². The Bertz CT molecular complexity index is 5140. The van der Waals surface area contributed by atoms with Gasteiger partial charge in [-0.3, -0.25) is 0 Å². The molecule has 8 bridgehead atoms. The zero-order valence-electron chi connectivity index (χ0n) is 58.0. The fourth-order valence-electron chi connectivity index (χ4n) is 11.2. The monoisotopic (exact) mass is 1870 g/mol. The van der Waals surface area contributed by atoms with E-state index in [2.05, 4.69) is 104 Å². The molecule has 538 valence electrons. The average Bonchev–Trinajstić information content (AvgIpc) is 1.58. The van der Waals surface area contributed by atoms with Crippen molar-refractivity contribution in [3.63, 3.8) is 0 Å². The van der Waals surface area contributed by atoms with Gasteiger partial charge in [0, 0.05) is 82.5 Å². The second-order valence-electron chi connectivity index (χ2n) is 23.9. The Kier molecular flexibility index (Phi) is 27.3. The van der Waals surface area contributed by atoms with Crippen LogP contribution >= 0.6 is 281 Å². The van der Waals surface area contributed by atoms with Gasteiger partial charge in [-0.05, 0) is 167 Å². The van der Waals surface area contributed by atoms with E-state index in [-0.39, 0.29) is 19.5 Å². The van der Waals surface area contributed by atoms with Crippen LogP contribution in [0.25, 0.3) is 116 Å². The Hall–Kier alpha value is 0.663. The third-order valence-electron chi connectivity index (χ3n) is 15.9. The maximum absolute atomic E-state index is 5.68. The zero-order chi connectivity index (χ0) is 70.7. The number of benzene rings is 4. The maximum Gasteiger partial charge on any atom is 2.00 e. The van der Waals surface area contributed by atoms with Gasteiger partial charge in [0.25, 0.3) is 0 Å². The molecule has 0 atom stereocenters. The first-order valence-corrected chi connectivity index (χ1v) is 55.3. The van der Waals surface area contributed by atoms with Crippen LogP contribution in [-0.2, 0) is 19.5 Å². The van der Waals surface area contributed by atoms with Gasteiger partial charge in [0.05, 0.1) is 81.9 Å². The molecule has 11 aromatic rings. The van der Waals surface area contributed by atoms with E-state index in [9.17, 15) is 0 Å². The summed E-state index contributed by atoms with van der Waals surface area (Å²) in [5.74, 6) is 8.95. The largest absolute Gasteiger partial charge is 2.00 e. The average molecular weight is 1880 g/mol. The van der Waals surface area contributed by atoms with Crippen LogP contribution in [0.4, 0.5) is 0 Å². The Balaban J connectivity index is 0.00000847. The third kappa shape index (κ3) is 16.7. The number of aromatic nitrogens is 8. The molecule has 13 heterocycles. The first-order chi connectivity index (χ1) is 51.1. The number of hydrogen-bond donors (Lipinski definition) is 0. The molecule has 105 heavy (non-hydrogen) atoms. The molecule has 6 aliphatic rings. The van der Waals surface area contributed by atoms with Gasteiger partial charge >= 0.3 is 19.5 Å². The molecule has 7 aromatic heterocycles. The van der Waals surface area contributed by atoms with Gasteiger partial charge in [-0.15, -0.1) is 139 Å². The van der Waals surface area contributed by atoms with Crippen LogP contribution < -0.4 is 17.7 Å². The topological polar surface area (TPSA) is 106 Å². The van der Waals surface area contributed by atoms with Crippen molar-refractivity contribution in [2.45, 2.75) is 126 Å². The Morgan fingerprint density at radius 2 is 0.448 bits per heavy atom. The summed E-state index contributed by atoms with van der Waals surface area (Å²) in [7, 11) is 0. The molecular formula is C72H64N8S24Zn. The number of nitrogens with zero attached hydrogens (tertiary/aromatic N) is 8. The summed E-state index contributed by atoms with van der Waals surface area (Å²) in [6, 6.07) is 18.6. The maximum atomic E-state index is 5.68. The minimum Gasteiger partial charge on any atom is -0.357 e. The van der Waals surface area contributed by atoms with Crippen LogP contribution in [0, 0.1) is 0 Å². The van der Waals surface area contributed by atoms with E-state index in [1.807, 2.05) is 281 Å². The van der Waals surface area contributed by atoms with Crippen LogP contribution in [0.3, 0.4) is 0 Å². The van der Waals surface area contributed by atoms with Gasteiger partial charge in [0.2, 0.25) is 0 Å². The fraction of sp³-hybridized carbons (Fsp3) is 0.333. The van der Waals surface area contributed by atoms with Crippen LogP contribution in [0.2, 0.25) is 0 Å². The Morgan fingerprint density at radius 3 is 0.657 bits per heavy atom. The molecule has 0 N–H and O–H groups in total. The molecular weight excluding hydrogens is 1810 g/mol. The molecule has 0 unspecified atom stereocenters. The van der Waals surface area contributed by atoms with Gasteiger partial charge in [0.1, 0.15) is 7.69 Å². The number of thioether (sulfide) groups is 20. The predicted molar refractivity (Wildman–Crippen MR) is 507 cm³/mol. The van der Waals surface area contributed by atoms with E-state index >= 15 is 0 Å². The first kappa shape index (κ1) is 79.5. The summed E-state index contributed by atoms with van der Waals surface area (Å²) in [5, 5.41) is 7.44. The van der Waals surface area contributed by atoms with Crippen molar-refractivity contribution in [2.24, 2.45) is 0 Å². The Morgan fingerprint density at radius 1 is 0.248 bits per heavy atom. The molecule has 6 aliphatic heterocycles. The van der Waals surface area contributed by atoms with Gasteiger partial charge in [-0.2, -0.15) is 0 Å². The smallest absolute Gasteiger partial charge is 0.357 e. The SMILES string of the molecule is CCCSC1=C(SCCC)SC(=C2Sc3cc4c5nc6nc(nc7[n-]c(nc8nc(nc([n-]5)c4cc3S2)c2cc3sc(=C4SC(SCCC)=C(SCCC)S4)sc3cc82)c2cc3c(cc72)SC(=C2SC(SCCC)=C(SCCC)S2)S3)c2cc3sc(=C4SC(SCCC)=C(SCCC)S4)sc3cc62)S1.[Zn+2]. The van der Waals surface area contributed by atoms with Gasteiger partial charge < -0.3 is 29.9 Å². The third-order valence-corrected chi connectivity index (χ3v) is 51.8. The molecule has 0 saturated heterocycles. The standard InChI is InChI=1S/C72H64N8S24.Zn/c1-9-17-81-57-58(82-18-10-2)98-69(97-57)65-89-41-25-33-34(26-42(41)90-65)50-73-49(33)77-51-35-27-43-45(93-66(91-43)70-99-59(83-19-11-3)60(100-70)84-20-12-4)29-37(35)53(74-51)79-55-39-31-47-48(96-68(95-47)72-103-63(87-23-15-7)64(104-72)88-24-16-8)32-40(39)56(76-55)80-54-38-30-46-44(28-36(38)52(75-54)78-50)92-67(94-46)71-101-61(85-21-13-5)62(102-71)86-22-14-6;/h25-32H,9-24H2,1-8H3;/q-2;+2. The zero-order valence-corrected chi connectivity index (χ0v) is 80.6. The summed E-state index contributed by atoms with van der Waals surface area (Å²) in [6.07, 6.45) is 9.19. The van der Waals surface area contributed by atoms with E-state index < -0.39 is 0 Å². The van der Waals surface area contributed by atoms with Crippen molar-refractivity contribution < 1.29 is 19.5 Å². The molecule has 4 aromatic carbocycles. The number of hydrogen-bond acceptors (Lipinski definition) is 30. The molecule has 0 radical (unpaired) electrons. The van der Waals surface area contributed by atoms with E-state index in [1.54, 1.807) is 0 Å². The molecule has 0 fully saturated rings. The van der Waals surface area contributed by atoms with Crippen molar-refractivity contribution >= 4 is 396 Å². The quantitative estimate of drug-likeness (QED) is 0.0535. The summed E-state index contributed by atoms with van der Waals surface area (Å²) in [6.45, 7) is 18.2. The Labute approximate surface area is 724 Å². The molecule has 0 spiro atoms. The van der Waals surface area contributed by atoms with E-state index in [0.717, 1.165) is 140 Å². The minimum atomic E-state index is 0. The minimum absolute atomic E-state index is 0. The first-order valence-electron chi connectivity index (χ1n) is 34.3. The van der Waals surface area contributed by atoms with Crippen LogP contribution in [-0.4, -0.2) is 75.9 Å². The van der Waals surface area contributed by atoms with Crippen LogP contribution in [0.15, 0.2) is 119 Å². The van der Waals surface area contributed by atoms with Crippen molar-refractivity contribution in [1.82, 2.24) is 39.9 Å². The molecule has 0 aliphatic carbocycles. The predicted octanol–water partition coefficient (Wildman–Crippen LogP) is 29.8. The van der Waals surface area contributed by atoms with Crippen molar-refractivity contribution in [3.8, 4) is 0 Å². The second kappa shape index (κ2) is 36.0. The fourth-order valence-corrected chi connectivity index (χ4v) is 45.4. The summed E-state index contributed by atoms with van der Waals surface area (Å²) in [5.41, 5.74) is 4.60. The van der Waals surface area contributed by atoms with E-state index in [4.69, 9.17) is 39.9 Å². The normalized spacial score (nSPS) is 16.5. The van der Waals surface area contributed by atoms with Crippen LogP contribution in [0.1, 0.15) is 107 Å². The summed E-state index contributed by atoms with van der Waals surface area (Å²) < 4.78 is 27.2. The summed E-state index contributed by atoms with van der Waals surface area (Å²) >= 11 is 46.8. The number of fused-ring (bicyclic) bond motifs is 24. The van der Waals surface area contributed by atoms with Crippen molar-refractivity contribution in [1.29, 1.82) is 0 Å².